The van der Waals surface area contributed by atoms with Crippen LogP contribution in [0.25, 0.3) is 0 Å². The van der Waals surface area contributed by atoms with Crippen molar-refractivity contribution >= 4 is 5.69 Å². The Morgan fingerprint density at radius 3 is 2.45 bits per heavy atom. The average molecular weight is 271 g/mol. The Labute approximate surface area is 120 Å². The van der Waals surface area contributed by atoms with Crippen molar-refractivity contribution in [2.45, 2.75) is 13.0 Å². The minimum Gasteiger partial charge on any atom is -0.495 e. The van der Waals surface area contributed by atoms with Crippen LogP contribution in [-0.4, -0.2) is 20.8 Å². The van der Waals surface area contributed by atoms with Gasteiger partial charge in [0.15, 0.2) is 0 Å². The third kappa shape index (κ3) is 3.52. The summed E-state index contributed by atoms with van der Waals surface area (Å²) in [5.74, 6) is 0.840. The second-order valence-corrected chi connectivity index (χ2v) is 4.77. The summed E-state index contributed by atoms with van der Waals surface area (Å²) in [7, 11) is 3.40. The van der Waals surface area contributed by atoms with Gasteiger partial charge in [0, 0.05) is 7.11 Å². The highest BCUT2D eigenvalue weighted by Crippen LogP contribution is 2.29. The third-order valence-electron chi connectivity index (χ3n) is 3.22. The Kier molecular flexibility index (Phi) is 5.02. The quantitative estimate of drug-likeness (QED) is 0.866. The summed E-state index contributed by atoms with van der Waals surface area (Å²) in [5, 5.41) is 3.51. The first-order chi connectivity index (χ1) is 9.74. The van der Waals surface area contributed by atoms with E-state index in [9.17, 15) is 0 Å². The Morgan fingerprint density at radius 2 is 1.80 bits per heavy atom. The van der Waals surface area contributed by atoms with Crippen molar-refractivity contribution in [2.75, 3.05) is 26.1 Å². The highest BCUT2D eigenvalue weighted by atomic mass is 16.5. The van der Waals surface area contributed by atoms with Gasteiger partial charge in [-0.05, 0) is 30.2 Å². The molecule has 20 heavy (non-hydrogen) atoms. The zero-order valence-electron chi connectivity index (χ0n) is 12.2. The highest BCUT2D eigenvalue weighted by molar-refractivity contribution is 5.59. The number of ether oxygens (including phenoxy) is 2. The fraction of sp³-hybridized carbons (Fsp3) is 0.294. The van der Waals surface area contributed by atoms with Gasteiger partial charge >= 0.3 is 0 Å². The molecule has 2 aromatic rings. The fourth-order valence-electron chi connectivity index (χ4n) is 2.20. The number of benzene rings is 2. The van der Waals surface area contributed by atoms with E-state index in [0.717, 1.165) is 11.4 Å². The summed E-state index contributed by atoms with van der Waals surface area (Å²) in [6.07, 6.45) is 0. The van der Waals surface area contributed by atoms with E-state index in [1.807, 2.05) is 30.3 Å². The Morgan fingerprint density at radius 1 is 1.05 bits per heavy atom. The van der Waals surface area contributed by atoms with Crippen LogP contribution in [0.15, 0.2) is 48.5 Å². The van der Waals surface area contributed by atoms with E-state index in [4.69, 9.17) is 9.47 Å². The molecular weight excluding hydrogens is 250 g/mol. The molecule has 2 aromatic carbocycles. The van der Waals surface area contributed by atoms with Crippen LogP contribution in [0.2, 0.25) is 0 Å². The smallest absolute Gasteiger partial charge is 0.141 e. The molecule has 0 aliphatic rings. The Bertz CT molecular complexity index is 540. The molecule has 0 saturated heterocycles. The van der Waals surface area contributed by atoms with Crippen LogP contribution in [0.4, 0.5) is 5.69 Å². The minimum atomic E-state index is 0.0944. The van der Waals surface area contributed by atoms with Crippen molar-refractivity contribution in [3.8, 4) is 5.75 Å². The van der Waals surface area contributed by atoms with Crippen LogP contribution >= 0.6 is 0 Å². The number of hydrogen-bond acceptors (Lipinski definition) is 3. The maximum atomic E-state index is 5.41. The van der Waals surface area contributed by atoms with E-state index < -0.39 is 0 Å². The SMILES string of the molecule is COCC(Nc1cc(C)ccc1OC)c1ccccc1. The maximum absolute atomic E-state index is 5.41. The van der Waals surface area contributed by atoms with E-state index in [2.05, 4.69) is 30.4 Å². The predicted molar refractivity (Wildman–Crippen MR) is 82.4 cm³/mol. The van der Waals surface area contributed by atoms with Crippen LogP contribution in [0.5, 0.6) is 5.75 Å². The number of rotatable bonds is 6. The molecule has 0 fully saturated rings. The molecule has 0 heterocycles. The first kappa shape index (κ1) is 14.4. The molecule has 0 aliphatic carbocycles. The van der Waals surface area contributed by atoms with Crippen LogP contribution in [0.3, 0.4) is 0 Å². The van der Waals surface area contributed by atoms with Gasteiger partial charge in [-0.1, -0.05) is 36.4 Å². The van der Waals surface area contributed by atoms with E-state index in [1.165, 1.54) is 11.1 Å². The van der Waals surface area contributed by atoms with E-state index in [1.54, 1.807) is 14.2 Å². The lowest BCUT2D eigenvalue weighted by Crippen LogP contribution is -2.16. The summed E-state index contributed by atoms with van der Waals surface area (Å²) in [5.41, 5.74) is 3.37. The molecule has 1 atom stereocenters. The molecule has 1 N–H and O–H groups in total. The van der Waals surface area contributed by atoms with Gasteiger partial charge in [-0.2, -0.15) is 0 Å². The van der Waals surface area contributed by atoms with Crippen molar-refractivity contribution < 1.29 is 9.47 Å². The van der Waals surface area contributed by atoms with E-state index in [0.29, 0.717) is 6.61 Å². The van der Waals surface area contributed by atoms with Gasteiger partial charge < -0.3 is 14.8 Å². The zero-order valence-corrected chi connectivity index (χ0v) is 12.2. The molecular formula is C17H21NO2. The van der Waals surface area contributed by atoms with Crippen molar-refractivity contribution in [3.05, 3.63) is 59.7 Å². The lowest BCUT2D eigenvalue weighted by molar-refractivity contribution is 0.186. The molecule has 0 saturated carbocycles. The second-order valence-electron chi connectivity index (χ2n) is 4.77. The van der Waals surface area contributed by atoms with Crippen molar-refractivity contribution in [1.82, 2.24) is 0 Å². The molecule has 0 amide bonds. The zero-order chi connectivity index (χ0) is 14.4. The largest absolute Gasteiger partial charge is 0.495 e. The topological polar surface area (TPSA) is 30.5 Å². The number of nitrogens with one attached hydrogen (secondary N) is 1. The standard InChI is InChI=1S/C17H21NO2/c1-13-9-10-17(20-3)15(11-13)18-16(12-19-2)14-7-5-4-6-8-14/h4-11,16,18H,12H2,1-3H3. The molecule has 0 aliphatic heterocycles. The van der Waals surface area contributed by atoms with Crippen molar-refractivity contribution in [3.63, 3.8) is 0 Å². The number of hydrogen-bond donors (Lipinski definition) is 1. The average Bonchev–Trinajstić information content (AvgIpc) is 2.48. The van der Waals surface area contributed by atoms with Crippen molar-refractivity contribution in [1.29, 1.82) is 0 Å². The number of methoxy groups -OCH3 is 2. The lowest BCUT2D eigenvalue weighted by atomic mass is 10.1. The predicted octanol–water partition coefficient (Wildman–Crippen LogP) is 3.80. The Hall–Kier alpha value is -2.00. The molecule has 3 nitrogen and oxygen atoms in total. The van der Waals surface area contributed by atoms with Gasteiger partial charge in [0.1, 0.15) is 5.75 Å². The first-order valence-electron chi connectivity index (χ1n) is 6.69. The second kappa shape index (κ2) is 6.96. The van der Waals surface area contributed by atoms with Gasteiger partial charge in [0.25, 0.3) is 0 Å². The van der Waals surface area contributed by atoms with Crippen LogP contribution in [-0.2, 0) is 4.74 Å². The first-order valence-corrected chi connectivity index (χ1v) is 6.69. The summed E-state index contributed by atoms with van der Waals surface area (Å²) in [6.45, 7) is 2.67. The van der Waals surface area contributed by atoms with Gasteiger partial charge in [0.2, 0.25) is 0 Å². The summed E-state index contributed by atoms with van der Waals surface area (Å²) in [6, 6.07) is 16.5. The maximum Gasteiger partial charge on any atom is 0.141 e. The summed E-state index contributed by atoms with van der Waals surface area (Å²) < 4.78 is 10.7. The molecule has 106 valence electrons. The molecule has 3 heteroatoms. The summed E-state index contributed by atoms with van der Waals surface area (Å²) >= 11 is 0. The molecule has 0 radical (unpaired) electrons. The molecule has 1 unspecified atom stereocenters. The number of anilines is 1. The molecule has 2 rings (SSSR count). The van der Waals surface area contributed by atoms with E-state index in [-0.39, 0.29) is 6.04 Å². The third-order valence-corrected chi connectivity index (χ3v) is 3.22. The monoisotopic (exact) mass is 271 g/mol. The van der Waals surface area contributed by atoms with Gasteiger partial charge in [-0.15, -0.1) is 0 Å². The molecule has 0 spiro atoms. The highest BCUT2D eigenvalue weighted by Gasteiger charge is 2.13. The normalized spacial score (nSPS) is 11.9. The van der Waals surface area contributed by atoms with Gasteiger partial charge in [0.05, 0.1) is 25.4 Å². The minimum absolute atomic E-state index is 0.0944. The Balaban J connectivity index is 2.26. The lowest BCUT2D eigenvalue weighted by Gasteiger charge is -2.21. The van der Waals surface area contributed by atoms with Gasteiger partial charge in [-0.25, -0.2) is 0 Å². The van der Waals surface area contributed by atoms with Crippen molar-refractivity contribution in [2.24, 2.45) is 0 Å². The number of aryl methyl sites for hydroxylation is 1. The molecule has 0 aromatic heterocycles. The van der Waals surface area contributed by atoms with Crippen LogP contribution < -0.4 is 10.1 Å². The van der Waals surface area contributed by atoms with Crippen LogP contribution in [0, 0.1) is 6.92 Å². The van der Waals surface area contributed by atoms with E-state index >= 15 is 0 Å². The van der Waals surface area contributed by atoms with Gasteiger partial charge in [-0.3, -0.25) is 0 Å². The molecule has 0 bridgehead atoms. The van der Waals surface area contributed by atoms with Crippen LogP contribution in [0.1, 0.15) is 17.2 Å². The summed E-state index contributed by atoms with van der Waals surface area (Å²) in [4.78, 5) is 0. The fourth-order valence-corrected chi connectivity index (χ4v) is 2.20.